The van der Waals surface area contributed by atoms with Gasteiger partial charge >= 0.3 is 0 Å². The number of anilines is 1. The molecule has 8 heteroatoms. The Hall–Kier alpha value is -4.58. The molecular formula is C28H32CmN5O2-. The molecule has 0 spiro atoms. The first-order valence-electron chi connectivity index (χ1n) is 12.0. The summed E-state index contributed by atoms with van der Waals surface area (Å²) >= 11 is 0. The third-order valence-electron chi connectivity index (χ3n) is 6.24. The van der Waals surface area contributed by atoms with Crippen molar-refractivity contribution < 1.29 is 9.59 Å². The molecule has 2 amide bonds. The second-order valence-electron chi connectivity index (χ2n) is 9.83. The van der Waals surface area contributed by atoms with Gasteiger partial charge in [0.15, 0.2) is 0 Å². The van der Waals surface area contributed by atoms with E-state index in [9.17, 15) is 9.59 Å². The monoisotopic (exact) mass is 713 g/mol. The number of carbonyl (C=O) groups excluding carboxylic acids is 2. The van der Waals surface area contributed by atoms with E-state index in [0.717, 1.165) is 17.5 Å². The van der Waals surface area contributed by atoms with Gasteiger partial charge in [-0.2, -0.15) is 0 Å². The van der Waals surface area contributed by atoms with Crippen molar-refractivity contribution in [1.82, 2.24) is 15.3 Å². The van der Waals surface area contributed by atoms with Crippen molar-refractivity contribution in [2.75, 3.05) is 11.4 Å². The smallest absolute Gasteiger partial charge is 0.248 e. The average Bonchev–Trinajstić information content (AvgIpc) is 3.41. The summed E-state index contributed by atoms with van der Waals surface area (Å²) in [4.78, 5) is 37.4. The fourth-order valence-electron chi connectivity index (χ4n) is 4.25. The minimum absolute atomic E-state index is 0. The second-order valence-corrected chi connectivity index (χ2v) is 9.83. The van der Waals surface area contributed by atoms with E-state index in [4.69, 9.17) is 0 Å². The van der Waals surface area contributed by atoms with Gasteiger partial charge in [-0.3, -0.25) is 24.5 Å². The van der Waals surface area contributed by atoms with Crippen LogP contribution in [0.4, 0.5) is 5.69 Å². The summed E-state index contributed by atoms with van der Waals surface area (Å²) < 4.78 is 0. The summed E-state index contributed by atoms with van der Waals surface area (Å²) in [6, 6.07) is 13.9. The first kappa shape index (κ1) is 26.0. The summed E-state index contributed by atoms with van der Waals surface area (Å²) in [6.45, 7) is 7.43. The van der Waals surface area contributed by atoms with Crippen molar-refractivity contribution in [1.29, 1.82) is 0 Å². The van der Waals surface area contributed by atoms with E-state index < -0.39 is 12.1 Å². The molecule has 1 unspecified atom stereocenters. The van der Waals surface area contributed by atoms with Crippen molar-refractivity contribution >= 4 is 17.5 Å². The summed E-state index contributed by atoms with van der Waals surface area (Å²) in [7, 11) is 0. The molecule has 3 heterocycles. The summed E-state index contributed by atoms with van der Waals surface area (Å²) in [6.07, 6.45) is 8.24. The molecule has 0 bridgehead atoms. The minimum atomic E-state index is -0.880. The van der Waals surface area contributed by atoms with Gasteiger partial charge in [0.1, 0.15) is 6.04 Å². The Balaban J connectivity index is 0.00000361. The Morgan fingerprint density at radius 2 is 1.78 bits per heavy atom. The average molecular weight is 718 g/mol. The normalized spacial score (nSPS) is 16.0. The molecule has 1 fully saturated rings. The molecule has 3 aromatic rings. The maximum atomic E-state index is 13.8. The van der Waals surface area contributed by atoms with Crippen molar-refractivity contribution in [2.45, 2.75) is 57.7 Å². The van der Waals surface area contributed by atoms with E-state index in [0.29, 0.717) is 30.8 Å². The van der Waals surface area contributed by atoms with Gasteiger partial charge in [-0.15, -0.1) is 6.54 Å². The quantitative estimate of drug-likeness (QED) is 0.384. The van der Waals surface area contributed by atoms with Crippen molar-refractivity contribution in [3.05, 3.63) is 95.3 Å². The molecule has 1 N–H and O–H groups in total. The molecule has 0 radical (unpaired) electrons. The number of carbonyl (C=O) groups is 2. The van der Waals surface area contributed by atoms with E-state index in [2.05, 4.69) is 41.4 Å². The number of pyridine rings is 2. The van der Waals surface area contributed by atoms with Gasteiger partial charge < -0.3 is 10.6 Å². The summed E-state index contributed by atoms with van der Waals surface area (Å²) in [5.74, 6) is -0.444. The predicted octanol–water partition coefficient (Wildman–Crippen LogP) is 4.70. The van der Waals surface area contributed by atoms with Crippen LogP contribution in [0.3, 0.4) is 0 Å². The van der Waals surface area contributed by atoms with Gasteiger partial charge in [0.25, 0.3) is 0 Å². The van der Waals surface area contributed by atoms with Gasteiger partial charge in [0.05, 0.1) is 0 Å². The van der Waals surface area contributed by atoms with Crippen molar-refractivity contribution in [3.63, 3.8) is 0 Å². The van der Waals surface area contributed by atoms with Crippen LogP contribution in [0.5, 0.6) is 0 Å². The Morgan fingerprint density at radius 1 is 1.06 bits per heavy atom. The van der Waals surface area contributed by atoms with Gasteiger partial charge in [0.2, 0.25) is 11.8 Å². The number of benzene rings is 1. The maximum Gasteiger partial charge on any atom is 0.248 e. The molecule has 4 rings (SSSR count). The molecule has 2 atom stereocenters. The molecule has 2 aromatic heterocycles. The number of hydrogen-bond acceptors (Lipinski definition) is 4. The predicted molar refractivity (Wildman–Crippen MR) is 137 cm³/mol. The molecule has 0 aliphatic carbocycles. The fourth-order valence-corrected chi connectivity index (χ4v) is 4.25. The molecule has 1 saturated heterocycles. The number of amides is 2. The van der Waals surface area contributed by atoms with Gasteiger partial charge in [0, 0.05) is 42.6 Å². The van der Waals surface area contributed by atoms with E-state index in [1.165, 1.54) is 0 Å². The van der Waals surface area contributed by atoms with E-state index >= 15 is 0 Å². The fraction of sp³-hybridized carbons (Fsp3) is 0.357. The minimum Gasteiger partial charge on any atom is -0.652 e. The zero-order valence-corrected chi connectivity index (χ0v) is 23.8. The topological polar surface area (TPSA) is 89.3 Å². The molecule has 190 valence electrons. The van der Waals surface area contributed by atoms with Crippen LogP contribution in [0, 0.1) is 0 Å². The van der Waals surface area contributed by atoms with Gasteiger partial charge in [-0.1, -0.05) is 57.9 Å². The van der Waals surface area contributed by atoms with Crippen LogP contribution < -0.4 is 10.2 Å². The first-order valence-corrected chi connectivity index (χ1v) is 12.0. The zero-order chi connectivity index (χ0) is 24.8. The summed E-state index contributed by atoms with van der Waals surface area (Å²) in [5.41, 5.74) is 3.36. The number of nitrogens with zero attached hydrogens (tertiary/aromatic N) is 4. The first-order chi connectivity index (χ1) is 16.8. The van der Waals surface area contributed by atoms with Crippen molar-refractivity contribution in [3.8, 4) is 0 Å². The van der Waals surface area contributed by atoms with Crippen LogP contribution in [0.2, 0.25) is 0 Å². The Labute approximate surface area is 207 Å². The van der Waals surface area contributed by atoms with Crippen LogP contribution in [-0.4, -0.2) is 34.4 Å². The molecular weight excluding hydrogens is 685 g/mol. The molecule has 1 aliphatic rings. The Bertz CT molecular complexity index is 1130. The van der Waals surface area contributed by atoms with Crippen LogP contribution in [0.25, 0.3) is 5.32 Å². The van der Waals surface area contributed by atoms with Crippen LogP contribution >= 0.6 is 0 Å². The standard InChI is InChI=1S/C28H32N5O2.Cm/c1-28(2,3)22-8-10-23(11-9-22)33(27(35)24-7-5-15-31-24)25(21-6-4-14-30-19-21)26(34)32-18-20-12-16-29-17-13-20;/h4,6,8-14,16-17,19,24-25H,5,7,15,18H2,1-3H3,(H,32,34);/q-1;/t24-,25?;/m1./s1. The van der Waals surface area contributed by atoms with Crippen LogP contribution in [0.1, 0.15) is 56.3 Å². The third-order valence-corrected chi connectivity index (χ3v) is 6.24. The number of rotatable bonds is 7. The molecule has 7 nitrogen and oxygen atoms in total. The van der Waals surface area contributed by atoms with Gasteiger partial charge in [-0.05, 0) is 46.9 Å². The SMILES string of the molecule is CC(C)(C)c1ccc(N(C(=O)[C@H]2CCC[N-]2)C(C(=O)NCc2ccncc2)c2cccnc2)cc1.[Cm]. The van der Waals surface area contributed by atoms with Crippen molar-refractivity contribution in [2.24, 2.45) is 0 Å². The van der Waals surface area contributed by atoms with E-state index in [1.54, 1.807) is 35.8 Å². The summed E-state index contributed by atoms with van der Waals surface area (Å²) in [5, 5.41) is 7.53. The van der Waals surface area contributed by atoms with Crippen LogP contribution in [0.15, 0.2) is 73.3 Å². The Kier molecular flexibility index (Phi) is 8.12. The third kappa shape index (κ3) is 5.91. The number of nitrogens with one attached hydrogen (secondary N) is 1. The molecule has 36 heavy (non-hydrogen) atoms. The molecule has 0 saturated carbocycles. The van der Waals surface area contributed by atoms with E-state index in [-0.39, 0.29) is 17.2 Å². The zero-order valence-electron chi connectivity index (χ0n) is 20.9. The second kappa shape index (κ2) is 11.2. The Morgan fingerprint density at radius 3 is 2.36 bits per heavy atom. The largest absolute Gasteiger partial charge is 0.652 e. The molecule has 1 aromatic carbocycles. The molecule has 1 aliphatic heterocycles. The number of hydrogen-bond donors (Lipinski definition) is 1. The van der Waals surface area contributed by atoms with Crippen LogP contribution in [-0.2, 0) is 21.5 Å². The van der Waals surface area contributed by atoms with Gasteiger partial charge in [-0.25, -0.2) is 0 Å². The number of aromatic nitrogens is 2. The van der Waals surface area contributed by atoms with E-state index in [1.807, 2.05) is 42.5 Å². The maximum absolute atomic E-state index is 13.8.